The van der Waals surface area contributed by atoms with Crippen molar-refractivity contribution in [2.45, 2.75) is 37.6 Å². The van der Waals surface area contributed by atoms with E-state index < -0.39 is 0 Å². The van der Waals surface area contributed by atoms with Gasteiger partial charge >= 0.3 is 5.97 Å². The molecule has 2 aliphatic rings. The number of nitrogens with two attached hydrogens (primary N) is 1. The molecular weight excluding hydrogens is 296 g/mol. The third-order valence-electron chi connectivity index (χ3n) is 4.46. The van der Waals surface area contributed by atoms with Crippen LogP contribution in [0.15, 0.2) is 0 Å². The van der Waals surface area contributed by atoms with E-state index in [0.29, 0.717) is 19.7 Å². The SMILES string of the molecule is COC(=O)C1CN(C(=O)COCCN)C2(CCCC2)C1.Cl. The van der Waals surface area contributed by atoms with Gasteiger partial charge in [-0.15, -0.1) is 12.4 Å². The summed E-state index contributed by atoms with van der Waals surface area (Å²) in [5.41, 5.74) is 5.20. The number of carbonyl (C=O) groups excluding carboxylic acids is 2. The molecule has 2 rings (SSSR count). The lowest BCUT2D eigenvalue weighted by Gasteiger charge is -2.34. The topological polar surface area (TPSA) is 81.9 Å². The number of nitrogens with zero attached hydrogens (tertiary/aromatic N) is 1. The molecule has 0 aromatic rings. The first-order valence-electron chi connectivity index (χ1n) is 7.29. The van der Waals surface area contributed by atoms with E-state index in [1.165, 1.54) is 7.11 Å². The Morgan fingerprint density at radius 2 is 2.00 bits per heavy atom. The first-order chi connectivity index (χ1) is 9.63. The molecule has 1 amide bonds. The van der Waals surface area contributed by atoms with Gasteiger partial charge in [-0.3, -0.25) is 9.59 Å². The molecule has 0 radical (unpaired) electrons. The summed E-state index contributed by atoms with van der Waals surface area (Å²) in [6.45, 7) is 1.29. The third-order valence-corrected chi connectivity index (χ3v) is 4.46. The number of esters is 1. The minimum absolute atomic E-state index is 0. The monoisotopic (exact) mass is 320 g/mol. The van der Waals surface area contributed by atoms with Crippen molar-refractivity contribution in [1.29, 1.82) is 0 Å². The molecule has 122 valence electrons. The van der Waals surface area contributed by atoms with Crippen LogP contribution >= 0.6 is 12.4 Å². The molecule has 6 nitrogen and oxygen atoms in total. The van der Waals surface area contributed by atoms with E-state index in [0.717, 1.165) is 32.1 Å². The maximum atomic E-state index is 12.3. The first-order valence-corrected chi connectivity index (χ1v) is 7.29. The van der Waals surface area contributed by atoms with E-state index in [1.54, 1.807) is 0 Å². The normalized spacial score (nSPS) is 23.1. The molecular formula is C14H25ClN2O4. The Morgan fingerprint density at radius 3 is 2.57 bits per heavy atom. The van der Waals surface area contributed by atoms with Gasteiger partial charge in [0.2, 0.25) is 5.91 Å². The van der Waals surface area contributed by atoms with E-state index >= 15 is 0 Å². The summed E-state index contributed by atoms with van der Waals surface area (Å²) < 4.78 is 10.1. The molecule has 2 N–H and O–H groups in total. The van der Waals surface area contributed by atoms with Crippen molar-refractivity contribution in [3.63, 3.8) is 0 Å². The van der Waals surface area contributed by atoms with Crippen LogP contribution in [0.1, 0.15) is 32.1 Å². The molecule has 1 spiro atoms. The highest BCUT2D eigenvalue weighted by molar-refractivity contribution is 5.85. The number of hydrogen-bond acceptors (Lipinski definition) is 5. The highest BCUT2D eigenvalue weighted by Gasteiger charge is 2.51. The van der Waals surface area contributed by atoms with Gasteiger partial charge in [0.25, 0.3) is 0 Å². The van der Waals surface area contributed by atoms with Gasteiger partial charge in [0, 0.05) is 18.6 Å². The maximum absolute atomic E-state index is 12.3. The minimum Gasteiger partial charge on any atom is -0.469 e. The molecule has 1 heterocycles. The summed E-state index contributed by atoms with van der Waals surface area (Å²) in [4.78, 5) is 26.0. The van der Waals surface area contributed by atoms with Gasteiger partial charge in [0.05, 0.1) is 19.6 Å². The number of ether oxygens (including phenoxy) is 2. The van der Waals surface area contributed by atoms with Gasteiger partial charge in [0.15, 0.2) is 0 Å². The van der Waals surface area contributed by atoms with Crippen LogP contribution in [0.3, 0.4) is 0 Å². The second-order valence-corrected chi connectivity index (χ2v) is 5.70. The lowest BCUT2D eigenvalue weighted by molar-refractivity contribution is -0.145. The van der Waals surface area contributed by atoms with Crippen LogP contribution in [0.25, 0.3) is 0 Å². The van der Waals surface area contributed by atoms with Crippen LogP contribution in [0, 0.1) is 5.92 Å². The second kappa shape index (κ2) is 7.96. The summed E-state index contributed by atoms with van der Waals surface area (Å²) in [7, 11) is 1.40. The summed E-state index contributed by atoms with van der Waals surface area (Å²) in [6, 6.07) is 0. The molecule has 1 saturated carbocycles. The van der Waals surface area contributed by atoms with Crippen molar-refractivity contribution in [2.75, 3.05) is 33.4 Å². The van der Waals surface area contributed by atoms with Crippen LogP contribution in [-0.4, -0.2) is 55.7 Å². The molecule has 0 aromatic carbocycles. The smallest absolute Gasteiger partial charge is 0.310 e. The molecule has 0 aromatic heterocycles. The van der Waals surface area contributed by atoms with Gasteiger partial charge < -0.3 is 20.1 Å². The minimum atomic E-state index is -0.213. The van der Waals surface area contributed by atoms with Crippen molar-refractivity contribution < 1.29 is 19.1 Å². The van der Waals surface area contributed by atoms with Gasteiger partial charge in [-0.25, -0.2) is 0 Å². The van der Waals surface area contributed by atoms with Gasteiger partial charge in [-0.1, -0.05) is 12.8 Å². The Bertz CT molecular complexity index is 372. The van der Waals surface area contributed by atoms with E-state index in [2.05, 4.69) is 0 Å². The molecule has 2 fully saturated rings. The number of hydrogen-bond donors (Lipinski definition) is 1. The van der Waals surface area contributed by atoms with Crippen molar-refractivity contribution in [3.05, 3.63) is 0 Å². The van der Waals surface area contributed by atoms with Gasteiger partial charge in [-0.2, -0.15) is 0 Å². The average molecular weight is 321 g/mol. The standard InChI is InChI=1S/C14H24N2O4.ClH/c1-19-13(18)11-8-14(4-2-3-5-14)16(9-11)12(17)10-20-7-6-15;/h11H,2-10,15H2,1H3;1H. The molecule has 1 aliphatic heterocycles. The fraction of sp³-hybridized carbons (Fsp3) is 0.857. The number of carbonyl (C=O) groups is 2. The van der Waals surface area contributed by atoms with E-state index in [-0.39, 0.29) is 42.3 Å². The molecule has 1 unspecified atom stereocenters. The number of methoxy groups -OCH3 is 1. The Balaban J connectivity index is 0.00000220. The van der Waals surface area contributed by atoms with Crippen LogP contribution in [0.5, 0.6) is 0 Å². The van der Waals surface area contributed by atoms with E-state index in [4.69, 9.17) is 15.2 Å². The van der Waals surface area contributed by atoms with Crippen LogP contribution < -0.4 is 5.73 Å². The van der Waals surface area contributed by atoms with Gasteiger partial charge in [0.1, 0.15) is 6.61 Å². The Kier molecular flexibility index (Phi) is 6.90. The number of halogens is 1. The summed E-state index contributed by atoms with van der Waals surface area (Å²) in [5.74, 6) is -0.447. The number of amides is 1. The zero-order valence-electron chi connectivity index (χ0n) is 12.5. The number of rotatable bonds is 5. The lowest BCUT2D eigenvalue weighted by atomic mass is 9.90. The van der Waals surface area contributed by atoms with E-state index in [9.17, 15) is 9.59 Å². The maximum Gasteiger partial charge on any atom is 0.310 e. The fourth-order valence-electron chi connectivity index (χ4n) is 3.57. The summed E-state index contributed by atoms with van der Waals surface area (Å²) >= 11 is 0. The molecule has 1 saturated heterocycles. The van der Waals surface area contributed by atoms with Crippen molar-refractivity contribution in [2.24, 2.45) is 11.7 Å². The predicted octanol–water partition coefficient (Wildman–Crippen LogP) is 0.718. The van der Waals surface area contributed by atoms with Crippen molar-refractivity contribution in [1.82, 2.24) is 4.90 Å². The lowest BCUT2D eigenvalue weighted by Crippen LogP contribution is -2.47. The number of likely N-dealkylation sites (tertiary alicyclic amines) is 1. The second-order valence-electron chi connectivity index (χ2n) is 5.70. The largest absolute Gasteiger partial charge is 0.469 e. The Morgan fingerprint density at radius 1 is 1.33 bits per heavy atom. The summed E-state index contributed by atoms with van der Waals surface area (Å²) in [5, 5.41) is 0. The highest BCUT2D eigenvalue weighted by atomic mass is 35.5. The zero-order chi connectivity index (χ0) is 14.6. The molecule has 1 atom stereocenters. The zero-order valence-corrected chi connectivity index (χ0v) is 13.3. The molecule has 7 heteroatoms. The first kappa shape index (κ1) is 18.2. The molecule has 21 heavy (non-hydrogen) atoms. The summed E-state index contributed by atoms with van der Waals surface area (Å²) in [6.07, 6.45) is 4.90. The predicted molar refractivity (Wildman–Crippen MR) is 80.2 cm³/mol. The Hall–Kier alpha value is -0.850. The van der Waals surface area contributed by atoms with Crippen molar-refractivity contribution in [3.8, 4) is 0 Å². The fourth-order valence-corrected chi connectivity index (χ4v) is 3.57. The van der Waals surface area contributed by atoms with Crippen LogP contribution in [0.2, 0.25) is 0 Å². The van der Waals surface area contributed by atoms with Crippen molar-refractivity contribution >= 4 is 24.3 Å². The Labute approximate surface area is 131 Å². The van der Waals surface area contributed by atoms with Gasteiger partial charge in [-0.05, 0) is 19.3 Å². The average Bonchev–Trinajstić information content (AvgIpc) is 3.06. The molecule has 1 aliphatic carbocycles. The quantitative estimate of drug-likeness (QED) is 0.596. The highest BCUT2D eigenvalue weighted by Crippen LogP contribution is 2.45. The van der Waals surface area contributed by atoms with Crippen LogP contribution in [-0.2, 0) is 19.1 Å². The van der Waals surface area contributed by atoms with E-state index in [1.807, 2.05) is 4.90 Å². The molecule has 0 bridgehead atoms. The third kappa shape index (κ3) is 3.87. The van der Waals surface area contributed by atoms with Crippen LogP contribution in [0.4, 0.5) is 0 Å².